The van der Waals surface area contributed by atoms with Gasteiger partial charge in [0.2, 0.25) is 0 Å². The van der Waals surface area contributed by atoms with Crippen molar-refractivity contribution in [2.45, 2.75) is 71.5 Å². The van der Waals surface area contributed by atoms with Gasteiger partial charge in [-0.2, -0.15) is 0 Å². The molecule has 5 heteroatoms. The zero-order valence-corrected chi connectivity index (χ0v) is 16.2. The van der Waals surface area contributed by atoms with E-state index in [4.69, 9.17) is 0 Å². The van der Waals surface area contributed by atoms with E-state index in [0.717, 1.165) is 19.4 Å². The fourth-order valence-corrected chi connectivity index (χ4v) is 5.64. The molecule has 0 fully saturated rings. The summed E-state index contributed by atoms with van der Waals surface area (Å²) in [5.41, 5.74) is 4.13. The lowest BCUT2D eigenvalue weighted by Gasteiger charge is -2.31. The van der Waals surface area contributed by atoms with Crippen LogP contribution in [0.15, 0.2) is 18.3 Å². The van der Waals surface area contributed by atoms with E-state index in [1.54, 1.807) is 0 Å². The van der Waals surface area contributed by atoms with Gasteiger partial charge in [0, 0.05) is 28.4 Å². The number of carbonyl (C=O) groups is 1. The number of thiophene rings is 1. The van der Waals surface area contributed by atoms with E-state index in [2.05, 4.69) is 40.0 Å². The molecule has 2 amide bonds. The monoisotopic (exact) mass is 357 g/mol. The summed E-state index contributed by atoms with van der Waals surface area (Å²) in [7, 11) is 0. The molecule has 3 heterocycles. The van der Waals surface area contributed by atoms with Crippen molar-refractivity contribution in [3.05, 3.63) is 40.0 Å². The lowest BCUT2D eigenvalue weighted by Crippen LogP contribution is -2.44. The van der Waals surface area contributed by atoms with Crippen molar-refractivity contribution in [1.82, 2.24) is 14.8 Å². The third kappa shape index (κ3) is 2.78. The summed E-state index contributed by atoms with van der Waals surface area (Å²) in [6, 6.07) is 4.61. The van der Waals surface area contributed by atoms with Gasteiger partial charge in [0.1, 0.15) is 5.00 Å². The van der Waals surface area contributed by atoms with Gasteiger partial charge in [0.25, 0.3) is 0 Å². The Morgan fingerprint density at radius 3 is 2.88 bits per heavy atom. The van der Waals surface area contributed by atoms with Crippen LogP contribution >= 0.6 is 11.3 Å². The first-order valence-electron chi connectivity index (χ1n) is 9.48. The van der Waals surface area contributed by atoms with Crippen LogP contribution < -0.4 is 5.32 Å². The molecule has 0 bridgehead atoms. The summed E-state index contributed by atoms with van der Waals surface area (Å²) in [5.74, 6) is 0. The van der Waals surface area contributed by atoms with E-state index >= 15 is 0 Å². The molecule has 4 nitrogen and oxygen atoms in total. The second kappa shape index (κ2) is 6.52. The van der Waals surface area contributed by atoms with Crippen LogP contribution in [0.4, 0.5) is 4.79 Å². The number of fused-ring (bicyclic) bond motifs is 5. The van der Waals surface area contributed by atoms with Gasteiger partial charge in [0.05, 0.1) is 12.6 Å². The predicted octanol–water partition coefficient (Wildman–Crippen LogP) is 4.80. The largest absolute Gasteiger partial charge is 0.336 e. The van der Waals surface area contributed by atoms with Gasteiger partial charge in [-0.05, 0) is 63.6 Å². The van der Waals surface area contributed by atoms with E-state index in [1.165, 1.54) is 46.0 Å². The Kier molecular flexibility index (Phi) is 4.36. The molecule has 0 saturated heterocycles. The molecule has 0 saturated carbocycles. The van der Waals surface area contributed by atoms with Crippen LogP contribution in [0.5, 0.6) is 0 Å². The first-order chi connectivity index (χ1) is 12.1. The number of nitrogens with one attached hydrogen (secondary N) is 1. The molecule has 0 radical (unpaired) electrons. The van der Waals surface area contributed by atoms with Crippen LogP contribution in [0.3, 0.4) is 0 Å². The van der Waals surface area contributed by atoms with Gasteiger partial charge in [-0.1, -0.05) is 6.92 Å². The van der Waals surface area contributed by atoms with Gasteiger partial charge in [-0.15, -0.1) is 11.3 Å². The van der Waals surface area contributed by atoms with E-state index in [9.17, 15) is 4.79 Å². The summed E-state index contributed by atoms with van der Waals surface area (Å²) in [4.78, 5) is 16.6. The second-order valence-electron chi connectivity index (χ2n) is 7.45. The third-order valence-corrected chi connectivity index (χ3v) is 6.70. The zero-order chi connectivity index (χ0) is 17.6. The number of amides is 2. The van der Waals surface area contributed by atoms with Crippen LogP contribution in [0.25, 0.3) is 5.00 Å². The maximum atomic E-state index is 13.0. The molecule has 4 rings (SSSR count). The minimum absolute atomic E-state index is 0.0539. The standard InChI is InChI=1S/C20H27N3OS/c1-4-16-17-9-7-11-22(17)19-15(12-23(16)20(24)21-13(2)3)14-8-5-6-10-18(14)25-19/h7,9,11,13,16H,4-6,8,10,12H2,1-3H3,(H,21,24)/t16-/m0/s1. The van der Waals surface area contributed by atoms with Gasteiger partial charge in [-0.3, -0.25) is 0 Å². The maximum absolute atomic E-state index is 13.0. The Bertz CT molecular complexity index is 789. The summed E-state index contributed by atoms with van der Waals surface area (Å²) in [6.45, 7) is 6.95. The number of hydrogen-bond donors (Lipinski definition) is 1. The Balaban J connectivity index is 1.84. The fraction of sp³-hybridized carbons (Fsp3) is 0.550. The molecule has 0 aromatic carbocycles. The number of carbonyl (C=O) groups excluding carboxylic acids is 1. The quantitative estimate of drug-likeness (QED) is 0.823. The smallest absolute Gasteiger partial charge is 0.318 e. The molecule has 0 spiro atoms. The number of aryl methyl sites for hydroxylation is 1. The van der Waals surface area contributed by atoms with E-state index in [1.807, 2.05) is 25.2 Å². The van der Waals surface area contributed by atoms with Crippen molar-refractivity contribution in [3.63, 3.8) is 0 Å². The number of hydrogen-bond acceptors (Lipinski definition) is 2. The molecular weight excluding hydrogens is 330 g/mol. The SMILES string of the molecule is CC[C@H]1c2cccn2-c2sc3c(c2CN1C(=O)NC(C)C)CCCC3. The summed E-state index contributed by atoms with van der Waals surface area (Å²) >= 11 is 1.94. The zero-order valence-electron chi connectivity index (χ0n) is 15.3. The molecular formula is C20H27N3OS. The van der Waals surface area contributed by atoms with Crippen LogP contribution in [0, 0.1) is 0 Å². The number of nitrogens with zero attached hydrogens (tertiary/aromatic N) is 2. The molecule has 0 unspecified atom stereocenters. The lowest BCUT2D eigenvalue weighted by atomic mass is 9.95. The molecule has 2 aliphatic rings. The van der Waals surface area contributed by atoms with Crippen molar-refractivity contribution in [2.24, 2.45) is 0 Å². The summed E-state index contributed by atoms with van der Waals surface area (Å²) < 4.78 is 2.34. The average molecular weight is 358 g/mol. The van der Waals surface area contributed by atoms with Gasteiger partial charge in [-0.25, -0.2) is 4.79 Å². The van der Waals surface area contributed by atoms with Gasteiger partial charge < -0.3 is 14.8 Å². The molecule has 1 aliphatic carbocycles. The van der Waals surface area contributed by atoms with Gasteiger partial charge >= 0.3 is 6.03 Å². The molecule has 25 heavy (non-hydrogen) atoms. The van der Waals surface area contributed by atoms with Crippen LogP contribution in [-0.2, 0) is 19.4 Å². The van der Waals surface area contributed by atoms with E-state index in [-0.39, 0.29) is 18.1 Å². The van der Waals surface area contributed by atoms with Crippen molar-refractivity contribution < 1.29 is 4.79 Å². The molecule has 2 aromatic heterocycles. The number of aromatic nitrogens is 1. The van der Waals surface area contributed by atoms with Crippen LogP contribution in [0.2, 0.25) is 0 Å². The molecule has 2 aromatic rings. The van der Waals surface area contributed by atoms with Crippen LogP contribution in [0.1, 0.15) is 67.8 Å². The Morgan fingerprint density at radius 2 is 2.12 bits per heavy atom. The van der Waals surface area contributed by atoms with Gasteiger partial charge in [0.15, 0.2) is 0 Å². The highest BCUT2D eigenvalue weighted by atomic mass is 32.1. The molecule has 1 atom stereocenters. The maximum Gasteiger partial charge on any atom is 0.318 e. The minimum Gasteiger partial charge on any atom is -0.336 e. The van der Waals surface area contributed by atoms with E-state index < -0.39 is 0 Å². The highest BCUT2D eigenvalue weighted by molar-refractivity contribution is 7.15. The van der Waals surface area contributed by atoms with Crippen molar-refractivity contribution in [3.8, 4) is 5.00 Å². The van der Waals surface area contributed by atoms with Crippen LogP contribution in [-0.4, -0.2) is 21.5 Å². The lowest BCUT2D eigenvalue weighted by molar-refractivity contribution is 0.165. The van der Waals surface area contributed by atoms with Crippen molar-refractivity contribution in [1.29, 1.82) is 0 Å². The molecule has 1 aliphatic heterocycles. The van der Waals surface area contributed by atoms with Crippen molar-refractivity contribution in [2.75, 3.05) is 0 Å². The Hall–Kier alpha value is -1.75. The molecule has 1 N–H and O–H groups in total. The Morgan fingerprint density at radius 1 is 1.32 bits per heavy atom. The second-order valence-corrected chi connectivity index (χ2v) is 8.54. The topological polar surface area (TPSA) is 37.3 Å². The third-order valence-electron chi connectivity index (χ3n) is 5.36. The fourth-order valence-electron chi connectivity index (χ4n) is 4.24. The Labute approximate surface area is 153 Å². The first kappa shape index (κ1) is 16.7. The molecule has 134 valence electrons. The summed E-state index contributed by atoms with van der Waals surface area (Å²) in [6.07, 6.45) is 8.01. The number of rotatable bonds is 2. The highest BCUT2D eigenvalue weighted by Gasteiger charge is 2.34. The highest BCUT2D eigenvalue weighted by Crippen LogP contribution is 2.42. The summed E-state index contributed by atoms with van der Waals surface area (Å²) in [5, 5.41) is 4.45. The minimum atomic E-state index is 0.0539. The first-order valence-corrected chi connectivity index (χ1v) is 10.3. The van der Waals surface area contributed by atoms with Crippen molar-refractivity contribution >= 4 is 17.4 Å². The average Bonchev–Trinajstić information content (AvgIpc) is 3.16. The normalized spacial score (nSPS) is 19.2. The number of urea groups is 1. The van der Waals surface area contributed by atoms with E-state index in [0.29, 0.717) is 0 Å². The predicted molar refractivity (Wildman–Crippen MR) is 103 cm³/mol.